The normalized spacial score (nSPS) is 10.7. The van der Waals surface area contributed by atoms with Gasteiger partial charge in [-0.05, 0) is 12.5 Å². The Hall–Kier alpha value is -2.21. The maximum absolute atomic E-state index is 11.0. The Bertz CT molecular complexity index is 637. The highest BCUT2D eigenvalue weighted by atomic mass is 16.5. The first-order valence-corrected chi connectivity index (χ1v) is 7.30. The minimum absolute atomic E-state index is 0.0399. The lowest BCUT2D eigenvalue weighted by atomic mass is 10.1. The second kappa shape index (κ2) is 7.70. The fourth-order valence-electron chi connectivity index (χ4n) is 2.26. The lowest BCUT2D eigenvalue weighted by molar-refractivity contribution is -0.118. The number of nitrogens with zero attached hydrogens (tertiary/aromatic N) is 3. The maximum Gasteiger partial charge on any atom is 0.216 e. The van der Waals surface area contributed by atoms with E-state index in [1.54, 1.807) is 7.11 Å². The number of aromatic nitrogens is 3. The first-order valence-electron chi connectivity index (χ1n) is 7.30. The quantitative estimate of drug-likeness (QED) is 0.840. The Balaban J connectivity index is 2.14. The third-order valence-corrected chi connectivity index (χ3v) is 3.20. The van der Waals surface area contributed by atoms with E-state index in [-0.39, 0.29) is 5.91 Å². The van der Waals surface area contributed by atoms with Gasteiger partial charge in [0.25, 0.3) is 0 Å². The second-order valence-corrected chi connectivity index (χ2v) is 5.26. The summed E-state index contributed by atoms with van der Waals surface area (Å²) in [6.07, 6.45) is 0.641. The van der Waals surface area contributed by atoms with E-state index in [1.165, 1.54) is 18.1 Å². The van der Waals surface area contributed by atoms with Crippen LogP contribution in [0.4, 0.5) is 0 Å². The van der Waals surface area contributed by atoms with Crippen molar-refractivity contribution >= 4 is 5.91 Å². The molecule has 0 unspecified atom stereocenters. The van der Waals surface area contributed by atoms with Crippen molar-refractivity contribution in [2.75, 3.05) is 13.7 Å². The standard InChI is InChI=1S/C16H22N4O2/c1-12-5-4-6-14(9-12)10-20-16(7-8-17-13(2)21)18-15(19-20)11-22-3/h4-6,9H,7-8,10-11H2,1-3H3,(H,17,21). The van der Waals surface area contributed by atoms with Crippen LogP contribution in [0.1, 0.15) is 29.7 Å². The largest absolute Gasteiger partial charge is 0.377 e. The number of carbonyl (C=O) groups is 1. The van der Waals surface area contributed by atoms with Gasteiger partial charge in [-0.15, -0.1) is 0 Å². The van der Waals surface area contributed by atoms with E-state index in [2.05, 4.69) is 40.5 Å². The van der Waals surface area contributed by atoms with Crippen molar-refractivity contribution in [3.63, 3.8) is 0 Å². The summed E-state index contributed by atoms with van der Waals surface area (Å²) in [5, 5.41) is 7.27. The van der Waals surface area contributed by atoms with Crippen molar-refractivity contribution in [1.82, 2.24) is 20.1 Å². The number of nitrogens with one attached hydrogen (secondary N) is 1. The summed E-state index contributed by atoms with van der Waals surface area (Å²) in [6.45, 7) is 5.17. The number of ether oxygens (including phenoxy) is 1. The molecule has 118 valence electrons. The number of hydrogen-bond donors (Lipinski definition) is 1. The summed E-state index contributed by atoms with van der Waals surface area (Å²) >= 11 is 0. The molecule has 22 heavy (non-hydrogen) atoms. The van der Waals surface area contributed by atoms with Crippen LogP contribution in [0.15, 0.2) is 24.3 Å². The van der Waals surface area contributed by atoms with Crippen LogP contribution < -0.4 is 5.32 Å². The van der Waals surface area contributed by atoms with Gasteiger partial charge in [-0.25, -0.2) is 9.67 Å². The number of aryl methyl sites for hydroxylation is 1. The SMILES string of the molecule is COCc1nc(CCNC(C)=O)n(Cc2cccc(C)c2)n1. The Morgan fingerprint density at radius 3 is 2.91 bits per heavy atom. The van der Waals surface area contributed by atoms with Gasteiger partial charge in [-0.2, -0.15) is 5.10 Å². The number of amides is 1. The van der Waals surface area contributed by atoms with E-state index in [9.17, 15) is 4.79 Å². The highest BCUT2D eigenvalue weighted by molar-refractivity contribution is 5.72. The molecular weight excluding hydrogens is 280 g/mol. The van der Waals surface area contributed by atoms with Gasteiger partial charge in [0.2, 0.25) is 5.91 Å². The van der Waals surface area contributed by atoms with Crippen molar-refractivity contribution in [2.45, 2.75) is 33.4 Å². The molecule has 1 N–H and O–H groups in total. The maximum atomic E-state index is 11.0. The van der Waals surface area contributed by atoms with Gasteiger partial charge >= 0.3 is 0 Å². The first-order chi connectivity index (χ1) is 10.6. The first kappa shape index (κ1) is 16.2. The van der Waals surface area contributed by atoms with Gasteiger partial charge in [0.1, 0.15) is 12.4 Å². The number of carbonyl (C=O) groups excluding carboxylic acids is 1. The van der Waals surface area contributed by atoms with E-state index in [1.807, 2.05) is 10.7 Å². The van der Waals surface area contributed by atoms with Crippen LogP contribution in [0.2, 0.25) is 0 Å². The number of rotatable bonds is 7. The lowest BCUT2D eigenvalue weighted by Crippen LogP contribution is -2.23. The summed E-state index contributed by atoms with van der Waals surface area (Å²) in [6, 6.07) is 8.31. The Kier molecular flexibility index (Phi) is 5.66. The summed E-state index contributed by atoms with van der Waals surface area (Å²) in [7, 11) is 1.62. The van der Waals surface area contributed by atoms with Gasteiger partial charge in [0.05, 0.1) is 6.54 Å². The van der Waals surface area contributed by atoms with E-state index in [4.69, 9.17) is 4.74 Å². The predicted molar refractivity (Wildman–Crippen MR) is 83.4 cm³/mol. The molecule has 6 heteroatoms. The smallest absolute Gasteiger partial charge is 0.216 e. The Labute approximate surface area is 130 Å². The molecular formula is C16H22N4O2. The van der Waals surface area contributed by atoms with Crippen molar-refractivity contribution in [3.8, 4) is 0 Å². The minimum Gasteiger partial charge on any atom is -0.377 e. The number of methoxy groups -OCH3 is 1. The Morgan fingerprint density at radius 1 is 1.41 bits per heavy atom. The average molecular weight is 302 g/mol. The highest BCUT2D eigenvalue weighted by Gasteiger charge is 2.10. The molecule has 0 aliphatic heterocycles. The molecule has 0 aliphatic carbocycles. The zero-order valence-corrected chi connectivity index (χ0v) is 13.3. The van der Waals surface area contributed by atoms with E-state index in [0.717, 1.165) is 5.82 Å². The fraction of sp³-hybridized carbons (Fsp3) is 0.438. The van der Waals surface area contributed by atoms with Crippen LogP contribution in [0, 0.1) is 6.92 Å². The third-order valence-electron chi connectivity index (χ3n) is 3.20. The minimum atomic E-state index is -0.0399. The van der Waals surface area contributed by atoms with Crippen molar-refractivity contribution < 1.29 is 9.53 Å². The fourth-order valence-corrected chi connectivity index (χ4v) is 2.26. The zero-order valence-electron chi connectivity index (χ0n) is 13.3. The zero-order chi connectivity index (χ0) is 15.9. The summed E-state index contributed by atoms with van der Waals surface area (Å²) in [5.74, 6) is 1.47. The molecule has 0 saturated heterocycles. The monoisotopic (exact) mass is 302 g/mol. The van der Waals surface area contributed by atoms with Gasteiger partial charge in [-0.3, -0.25) is 4.79 Å². The molecule has 0 radical (unpaired) electrons. The van der Waals surface area contributed by atoms with E-state index < -0.39 is 0 Å². The molecule has 1 amide bonds. The number of benzene rings is 1. The van der Waals surface area contributed by atoms with E-state index >= 15 is 0 Å². The summed E-state index contributed by atoms with van der Waals surface area (Å²) < 4.78 is 6.98. The molecule has 1 aromatic carbocycles. The molecule has 1 heterocycles. The molecule has 1 aromatic heterocycles. The van der Waals surface area contributed by atoms with Crippen LogP contribution in [-0.2, 0) is 29.1 Å². The van der Waals surface area contributed by atoms with Gasteiger partial charge in [0, 0.05) is 27.0 Å². The molecule has 2 aromatic rings. The molecule has 2 rings (SSSR count). The average Bonchev–Trinajstić information content (AvgIpc) is 2.81. The second-order valence-electron chi connectivity index (χ2n) is 5.26. The topological polar surface area (TPSA) is 69.0 Å². The molecule has 0 aliphatic rings. The summed E-state index contributed by atoms with van der Waals surface area (Å²) in [4.78, 5) is 15.5. The van der Waals surface area contributed by atoms with E-state index in [0.29, 0.717) is 31.9 Å². The van der Waals surface area contributed by atoms with Crippen molar-refractivity contribution in [1.29, 1.82) is 0 Å². The molecule has 0 fully saturated rings. The molecule has 0 bridgehead atoms. The molecule has 0 spiro atoms. The van der Waals surface area contributed by atoms with Crippen molar-refractivity contribution in [3.05, 3.63) is 47.0 Å². The van der Waals surface area contributed by atoms with Crippen LogP contribution in [0.5, 0.6) is 0 Å². The van der Waals surface area contributed by atoms with Gasteiger partial charge < -0.3 is 10.1 Å². The lowest BCUT2D eigenvalue weighted by Gasteiger charge is -2.07. The molecule has 6 nitrogen and oxygen atoms in total. The molecule has 0 saturated carbocycles. The van der Waals surface area contributed by atoms with Crippen LogP contribution >= 0.6 is 0 Å². The van der Waals surface area contributed by atoms with Crippen LogP contribution in [0.3, 0.4) is 0 Å². The number of hydrogen-bond acceptors (Lipinski definition) is 4. The van der Waals surface area contributed by atoms with Crippen LogP contribution in [0.25, 0.3) is 0 Å². The predicted octanol–water partition coefficient (Wildman–Crippen LogP) is 1.46. The third kappa shape index (κ3) is 4.66. The highest BCUT2D eigenvalue weighted by Crippen LogP contribution is 2.09. The van der Waals surface area contributed by atoms with Crippen LogP contribution in [-0.4, -0.2) is 34.3 Å². The summed E-state index contributed by atoms with van der Waals surface area (Å²) in [5.41, 5.74) is 2.39. The van der Waals surface area contributed by atoms with Gasteiger partial charge in [0.15, 0.2) is 5.82 Å². The molecule has 0 atom stereocenters. The van der Waals surface area contributed by atoms with Gasteiger partial charge in [-0.1, -0.05) is 29.8 Å². The van der Waals surface area contributed by atoms with Crippen molar-refractivity contribution in [2.24, 2.45) is 0 Å². The Morgan fingerprint density at radius 2 is 2.23 bits per heavy atom.